The minimum absolute atomic E-state index is 0.244. The van der Waals surface area contributed by atoms with E-state index in [9.17, 15) is 10.0 Å². The molecule has 1 unspecified atom stereocenters. The Bertz CT molecular complexity index is 842. The molecular formula is C18H18N4O3S. The molecule has 0 radical (unpaired) electrons. The number of nitrogens with zero attached hydrogens (tertiary/aromatic N) is 3. The Labute approximate surface area is 155 Å². The predicted octanol–water partition coefficient (Wildman–Crippen LogP) is 2.88. The summed E-state index contributed by atoms with van der Waals surface area (Å²) in [5.41, 5.74) is 1.34. The molecule has 2 aromatic carbocycles. The number of benzene rings is 2. The topological polar surface area (TPSA) is 86.5 Å². The third kappa shape index (κ3) is 3.10. The third-order valence-electron chi connectivity index (χ3n) is 3.92. The Morgan fingerprint density at radius 2 is 1.81 bits per heavy atom. The standard InChI is InChI=1S/C18H18N4O3S/c1-13(20-25-2)18(21-24)16(26-15-11-7-4-8-12-15)19-22(17(18)23)14-9-5-3-6-10-14/h3-12,21,24H,1-2H3/b20-13+. The Morgan fingerprint density at radius 1 is 1.19 bits per heavy atom. The van der Waals surface area contributed by atoms with Gasteiger partial charge in [-0.2, -0.15) is 15.6 Å². The molecule has 8 heteroatoms. The second kappa shape index (κ2) is 7.69. The molecule has 26 heavy (non-hydrogen) atoms. The van der Waals surface area contributed by atoms with Crippen molar-refractivity contribution in [2.45, 2.75) is 17.4 Å². The van der Waals surface area contributed by atoms with Crippen LogP contribution < -0.4 is 10.5 Å². The quantitative estimate of drug-likeness (QED) is 0.624. The second-order valence-corrected chi connectivity index (χ2v) is 6.56. The van der Waals surface area contributed by atoms with Gasteiger partial charge in [-0.1, -0.05) is 53.3 Å². The number of thioether (sulfide) groups is 1. The molecule has 0 spiro atoms. The summed E-state index contributed by atoms with van der Waals surface area (Å²) < 4.78 is 0. The molecule has 1 aliphatic rings. The number of para-hydroxylation sites is 1. The summed E-state index contributed by atoms with van der Waals surface area (Å²) in [5.74, 6) is -0.470. The smallest absolute Gasteiger partial charge is 0.282 e. The maximum absolute atomic E-state index is 13.2. The summed E-state index contributed by atoms with van der Waals surface area (Å²) in [5, 5.41) is 19.9. The molecule has 7 nitrogen and oxygen atoms in total. The molecule has 2 aromatic rings. The van der Waals surface area contributed by atoms with Crippen molar-refractivity contribution in [1.29, 1.82) is 0 Å². The second-order valence-electron chi connectivity index (χ2n) is 5.49. The molecule has 0 aromatic heterocycles. The fourth-order valence-corrected chi connectivity index (χ4v) is 3.67. The SMILES string of the molecule is CO/N=C(\C)C1(NO)C(=O)N(c2ccccc2)N=C1Sc1ccccc1. The van der Waals surface area contributed by atoms with Crippen LogP contribution in [-0.4, -0.2) is 34.5 Å². The van der Waals surface area contributed by atoms with Crippen molar-refractivity contribution in [3.8, 4) is 0 Å². The highest BCUT2D eigenvalue weighted by Gasteiger charge is 2.55. The van der Waals surface area contributed by atoms with Crippen LogP contribution in [0.15, 0.2) is 75.8 Å². The van der Waals surface area contributed by atoms with Gasteiger partial charge in [0.2, 0.25) is 5.54 Å². The van der Waals surface area contributed by atoms with E-state index < -0.39 is 11.4 Å². The molecule has 1 heterocycles. The van der Waals surface area contributed by atoms with E-state index in [2.05, 4.69) is 15.7 Å². The van der Waals surface area contributed by atoms with Crippen molar-refractivity contribution in [3.63, 3.8) is 0 Å². The van der Waals surface area contributed by atoms with Gasteiger partial charge in [0, 0.05) is 4.90 Å². The predicted molar refractivity (Wildman–Crippen MR) is 101 cm³/mol. The van der Waals surface area contributed by atoms with Gasteiger partial charge in [0.05, 0.1) is 11.4 Å². The van der Waals surface area contributed by atoms with Crippen LogP contribution >= 0.6 is 11.8 Å². The third-order valence-corrected chi connectivity index (χ3v) is 5.01. The highest BCUT2D eigenvalue weighted by atomic mass is 32.2. The van der Waals surface area contributed by atoms with Crippen LogP contribution in [0.3, 0.4) is 0 Å². The molecule has 2 N–H and O–H groups in total. The number of hydroxylamine groups is 1. The van der Waals surface area contributed by atoms with Gasteiger partial charge in [0.15, 0.2) is 0 Å². The number of anilines is 1. The molecule has 0 fully saturated rings. The molecule has 0 saturated heterocycles. The Kier molecular flexibility index (Phi) is 5.36. The maximum atomic E-state index is 13.2. The molecule has 1 aliphatic heterocycles. The average Bonchev–Trinajstić information content (AvgIpc) is 2.96. The van der Waals surface area contributed by atoms with Crippen LogP contribution in [0.25, 0.3) is 0 Å². The lowest BCUT2D eigenvalue weighted by Gasteiger charge is -2.26. The van der Waals surface area contributed by atoms with Crippen molar-refractivity contribution in [3.05, 3.63) is 60.7 Å². The summed E-state index contributed by atoms with van der Waals surface area (Å²) >= 11 is 1.27. The van der Waals surface area contributed by atoms with Crippen LogP contribution in [0.5, 0.6) is 0 Å². The summed E-state index contributed by atoms with van der Waals surface area (Å²) in [7, 11) is 1.38. The lowest BCUT2D eigenvalue weighted by atomic mass is 9.96. The van der Waals surface area contributed by atoms with Crippen molar-refractivity contribution >= 4 is 34.1 Å². The molecule has 134 valence electrons. The molecular weight excluding hydrogens is 352 g/mol. The van der Waals surface area contributed by atoms with E-state index in [1.54, 1.807) is 19.1 Å². The highest BCUT2D eigenvalue weighted by Crippen LogP contribution is 2.35. The van der Waals surface area contributed by atoms with Crippen LogP contribution in [0, 0.1) is 0 Å². The zero-order valence-electron chi connectivity index (χ0n) is 14.3. The molecule has 0 saturated carbocycles. The van der Waals surface area contributed by atoms with Crippen molar-refractivity contribution < 1.29 is 14.8 Å². The summed E-state index contributed by atoms with van der Waals surface area (Å²) in [6.45, 7) is 1.60. The Hall–Kier alpha value is -2.68. The van der Waals surface area contributed by atoms with E-state index in [0.717, 1.165) is 4.90 Å². The van der Waals surface area contributed by atoms with Crippen molar-refractivity contribution in [2.75, 3.05) is 12.1 Å². The lowest BCUT2D eigenvalue weighted by molar-refractivity contribution is -0.122. The Morgan fingerprint density at radius 3 is 2.38 bits per heavy atom. The van der Waals surface area contributed by atoms with Crippen LogP contribution in [0.4, 0.5) is 5.69 Å². The molecule has 1 amide bonds. The number of hydrazone groups is 1. The van der Waals surface area contributed by atoms with Crippen molar-refractivity contribution in [2.24, 2.45) is 10.3 Å². The first-order chi connectivity index (χ1) is 12.6. The number of oxime groups is 1. The maximum Gasteiger partial charge on any atom is 0.282 e. The van der Waals surface area contributed by atoms with Crippen LogP contribution in [0.1, 0.15) is 6.92 Å². The normalized spacial score (nSPS) is 20.3. The monoisotopic (exact) mass is 370 g/mol. The van der Waals surface area contributed by atoms with Crippen LogP contribution in [-0.2, 0) is 9.63 Å². The number of carbonyl (C=O) groups is 1. The van der Waals surface area contributed by atoms with Crippen molar-refractivity contribution in [1.82, 2.24) is 5.48 Å². The van der Waals surface area contributed by atoms with Gasteiger partial charge >= 0.3 is 0 Å². The molecule has 0 bridgehead atoms. The first-order valence-electron chi connectivity index (χ1n) is 7.84. The highest BCUT2D eigenvalue weighted by molar-refractivity contribution is 8.14. The zero-order chi connectivity index (χ0) is 18.6. The van der Waals surface area contributed by atoms with E-state index in [4.69, 9.17) is 4.84 Å². The van der Waals surface area contributed by atoms with Gasteiger partial charge in [-0.15, -0.1) is 0 Å². The van der Waals surface area contributed by atoms with E-state index >= 15 is 0 Å². The van der Waals surface area contributed by atoms with Gasteiger partial charge in [0.25, 0.3) is 5.91 Å². The number of rotatable bonds is 5. The van der Waals surface area contributed by atoms with E-state index in [1.165, 1.54) is 23.9 Å². The zero-order valence-corrected chi connectivity index (χ0v) is 15.1. The summed E-state index contributed by atoms with van der Waals surface area (Å²) in [6.07, 6.45) is 0. The fraction of sp³-hybridized carbons (Fsp3) is 0.167. The number of amides is 1. The largest absolute Gasteiger partial charge is 0.399 e. The number of nitrogens with one attached hydrogen (secondary N) is 1. The number of carbonyl (C=O) groups excluding carboxylic acids is 1. The van der Waals surface area contributed by atoms with E-state index in [0.29, 0.717) is 10.7 Å². The van der Waals surface area contributed by atoms with Gasteiger partial charge in [-0.05, 0) is 31.2 Å². The minimum atomic E-state index is -1.62. The Balaban J connectivity index is 2.10. The van der Waals surface area contributed by atoms with Gasteiger partial charge in [0.1, 0.15) is 12.2 Å². The number of hydrogen-bond donors (Lipinski definition) is 2. The first-order valence-corrected chi connectivity index (χ1v) is 8.66. The minimum Gasteiger partial charge on any atom is -0.399 e. The lowest BCUT2D eigenvalue weighted by Crippen LogP contribution is -2.61. The summed E-state index contributed by atoms with van der Waals surface area (Å²) in [4.78, 5) is 18.9. The summed E-state index contributed by atoms with van der Waals surface area (Å²) in [6, 6.07) is 18.5. The fourth-order valence-electron chi connectivity index (χ4n) is 2.59. The van der Waals surface area contributed by atoms with E-state index in [-0.39, 0.29) is 5.71 Å². The average molecular weight is 370 g/mol. The first kappa shape index (κ1) is 18.1. The molecule has 1 atom stereocenters. The van der Waals surface area contributed by atoms with E-state index in [1.807, 2.05) is 48.5 Å². The van der Waals surface area contributed by atoms with Crippen LogP contribution in [0.2, 0.25) is 0 Å². The number of hydrogen-bond acceptors (Lipinski definition) is 7. The van der Waals surface area contributed by atoms with Gasteiger partial charge < -0.3 is 10.0 Å². The van der Waals surface area contributed by atoms with Gasteiger partial charge in [-0.25, -0.2) is 0 Å². The molecule has 0 aliphatic carbocycles. The molecule has 3 rings (SSSR count). The van der Waals surface area contributed by atoms with Gasteiger partial charge in [-0.3, -0.25) is 4.79 Å².